The lowest BCUT2D eigenvalue weighted by molar-refractivity contribution is 0.104. The Labute approximate surface area is 118 Å². The Kier molecular flexibility index (Phi) is 6.36. The van der Waals surface area contributed by atoms with Crippen LogP contribution in [0.1, 0.15) is 27.2 Å². The minimum absolute atomic E-state index is 0.112. The van der Waals surface area contributed by atoms with E-state index in [1.165, 1.54) is 0 Å². The van der Waals surface area contributed by atoms with Crippen LogP contribution < -0.4 is 15.4 Å². The number of ether oxygens (including phenoxy) is 2. The molecule has 0 aliphatic carbocycles. The quantitative estimate of drug-likeness (QED) is 0.641. The number of urea groups is 1. The van der Waals surface area contributed by atoms with Crippen LogP contribution in [0.15, 0.2) is 24.3 Å². The third-order valence-corrected chi connectivity index (χ3v) is 2.57. The van der Waals surface area contributed by atoms with Crippen LogP contribution in [0.25, 0.3) is 0 Å². The van der Waals surface area contributed by atoms with Gasteiger partial charge in [-0.1, -0.05) is 6.92 Å². The zero-order valence-corrected chi connectivity index (χ0v) is 11.9. The fraction of sp³-hybridized carbons (Fsp3) is 0.429. The highest BCUT2D eigenvalue weighted by Crippen LogP contribution is 2.16. The van der Waals surface area contributed by atoms with E-state index >= 15 is 0 Å². The van der Waals surface area contributed by atoms with Gasteiger partial charge in [0.05, 0.1) is 6.61 Å². The van der Waals surface area contributed by atoms with E-state index in [0.717, 1.165) is 6.42 Å². The Morgan fingerprint density at radius 1 is 1.20 bits per heavy atom. The minimum Gasteiger partial charge on any atom is -0.434 e. The normalized spacial score (nSPS) is 11.3. The van der Waals surface area contributed by atoms with Gasteiger partial charge in [-0.05, 0) is 44.5 Å². The first-order valence-electron chi connectivity index (χ1n) is 6.57. The molecule has 0 saturated carbocycles. The number of anilines is 1. The molecule has 0 radical (unpaired) electrons. The summed E-state index contributed by atoms with van der Waals surface area (Å²) in [4.78, 5) is 22.7. The molecule has 6 heteroatoms. The molecule has 20 heavy (non-hydrogen) atoms. The Morgan fingerprint density at radius 2 is 1.85 bits per heavy atom. The molecule has 0 fully saturated rings. The van der Waals surface area contributed by atoms with Gasteiger partial charge in [-0.2, -0.15) is 0 Å². The van der Waals surface area contributed by atoms with Crippen LogP contribution in [0.3, 0.4) is 0 Å². The van der Waals surface area contributed by atoms with E-state index in [4.69, 9.17) is 4.74 Å². The summed E-state index contributed by atoms with van der Waals surface area (Å²) >= 11 is 0. The highest BCUT2D eigenvalue weighted by Gasteiger charge is 2.07. The maximum Gasteiger partial charge on any atom is 0.513 e. The third-order valence-electron chi connectivity index (χ3n) is 2.57. The van der Waals surface area contributed by atoms with Crippen LogP contribution in [-0.2, 0) is 4.74 Å². The number of carbonyl (C=O) groups is 2. The predicted molar refractivity (Wildman–Crippen MR) is 76.0 cm³/mol. The maximum absolute atomic E-state index is 11.6. The van der Waals surface area contributed by atoms with E-state index in [1.54, 1.807) is 31.2 Å². The zero-order valence-electron chi connectivity index (χ0n) is 11.9. The van der Waals surface area contributed by atoms with Crippen molar-refractivity contribution in [1.82, 2.24) is 5.32 Å². The number of hydrogen-bond acceptors (Lipinski definition) is 4. The molecule has 1 rings (SSSR count). The van der Waals surface area contributed by atoms with E-state index in [-0.39, 0.29) is 18.7 Å². The lowest BCUT2D eigenvalue weighted by atomic mass is 10.3. The fourth-order valence-electron chi connectivity index (χ4n) is 1.34. The number of benzene rings is 1. The van der Waals surface area contributed by atoms with E-state index in [0.29, 0.717) is 11.4 Å². The summed E-state index contributed by atoms with van der Waals surface area (Å²) in [6.45, 7) is 5.88. The Bertz CT molecular complexity index is 445. The van der Waals surface area contributed by atoms with Crippen molar-refractivity contribution >= 4 is 17.9 Å². The summed E-state index contributed by atoms with van der Waals surface area (Å²) in [5.41, 5.74) is 0.613. The van der Waals surface area contributed by atoms with Crippen LogP contribution in [0.5, 0.6) is 5.75 Å². The Morgan fingerprint density at radius 3 is 2.40 bits per heavy atom. The molecule has 1 atom stereocenters. The predicted octanol–water partition coefficient (Wildman–Crippen LogP) is 3.14. The van der Waals surface area contributed by atoms with Crippen molar-refractivity contribution in [3.05, 3.63) is 24.3 Å². The molecule has 0 aromatic heterocycles. The van der Waals surface area contributed by atoms with Crippen molar-refractivity contribution in [1.29, 1.82) is 0 Å². The summed E-state index contributed by atoms with van der Waals surface area (Å²) < 4.78 is 9.56. The largest absolute Gasteiger partial charge is 0.513 e. The first-order valence-corrected chi connectivity index (χ1v) is 6.57. The van der Waals surface area contributed by atoms with Gasteiger partial charge in [-0.25, -0.2) is 9.59 Å². The van der Waals surface area contributed by atoms with Crippen LogP contribution in [0, 0.1) is 0 Å². The summed E-state index contributed by atoms with van der Waals surface area (Å²) in [5.74, 6) is 0.358. The van der Waals surface area contributed by atoms with Crippen molar-refractivity contribution in [2.75, 3.05) is 11.9 Å². The molecular weight excluding hydrogens is 260 g/mol. The molecule has 0 spiro atoms. The number of amides is 2. The van der Waals surface area contributed by atoms with Crippen LogP contribution in [0.4, 0.5) is 15.3 Å². The highest BCUT2D eigenvalue weighted by molar-refractivity contribution is 5.89. The minimum atomic E-state index is -0.747. The van der Waals surface area contributed by atoms with E-state index in [9.17, 15) is 9.59 Å². The van der Waals surface area contributed by atoms with E-state index in [1.807, 2.05) is 13.8 Å². The molecule has 1 unspecified atom stereocenters. The lowest BCUT2D eigenvalue weighted by Gasteiger charge is -2.12. The monoisotopic (exact) mass is 280 g/mol. The van der Waals surface area contributed by atoms with Gasteiger partial charge in [-0.15, -0.1) is 0 Å². The van der Waals surface area contributed by atoms with Crippen molar-refractivity contribution in [3.8, 4) is 5.75 Å². The lowest BCUT2D eigenvalue weighted by Crippen LogP contribution is -2.35. The first kappa shape index (κ1) is 15.8. The Balaban J connectivity index is 2.50. The van der Waals surface area contributed by atoms with Gasteiger partial charge < -0.3 is 20.1 Å². The van der Waals surface area contributed by atoms with Gasteiger partial charge in [0.1, 0.15) is 5.75 Å². The number of hydrogen-bond donors (Lipinski definition) is 2. The summed E-state index contributed by atoms with van der Waals surface area (Å²) in [6, 6.07) is 6.29. The van der Waals surface area contributed by atoms with Gasteiger partial charge in [0.25, 0.3) is 0 Å². The second kappa shape index (κ2) is 8.04. The highest BCUT2D eigenvalue weighted by atomic mass is 16.7. The van der Waals surface area contributed by atoms with Gasteiger partial charge in [-0.3, -0.25) is 0 Å². The van der Waals surface area contributed by atoms with Crippen molar-refractivity contribution in [3.63, 3.8) is 0 Å². The topological polar surface area (TPSA) is 76.7 Å². The Hall–Kier alpha value is -2.24. The van der Waals surface area contributed by atoms with E-state index in [2.05, 4.69) is 15.4 Å². The molecule has 2 N–H and O–H groups in total. The maximum atomic E-state index is 11.6. The van der Waals surface area contributed by atoms with Gasteiger partial charge in [0.2, 0.25) is 0 Å². The average molecular weight is 280 g/mol. The SMILES string of the molecule is CCOC(=O)Oc1ccc(NC(=O)NC(C)CC)cc1. The van der Waals surface area contributed by atoms with Crippen LogP contribution in [-0.4, -0.2) is 24.8 Å². The van der Waals surface area contributed by atoms with Crippen LogP contribution in [0.2, 0.25) is 0 Å². The number of nitrogens with one attached hydrogen (secondary N) is 2. The molecule has 1 aromatic rings. The summed E-state index contributed by atoms with van der Waals surface area (Å²) in [6.07, 6.45) is 0.113. The molecule has 0 heterocycles. The van der Waals surface area contributed by atoms with Crippen molar-refractivity contribution in [2.45, 2.75) is 33.2 Å². The van der Waals surface area contributed by atoms with Crippen LogP contribution >= 0.6 is 0 Å². The smallest absolute Gasteiger partial charge is 0.434 e. The molecule has 0 aliphatic heterocycles. The molecule has 0 saturated heterocycles. The molecule has 0 bridgehead atoms. The number of carbonyl (C=O) groups excluding carboxylic acids is 2. The molecule has 110 valence electrons. The second-order valence-corrected chi connectivity index (χ2v) is 4.22. The first-order chi connectivity index (χ1) is 9.55. The second-order valence-electron chi connectivity index (χ2n) is 4.22. The molecule has 6 nitrogen and oxygen atoms in total. The number of rotatable bonds is 5. The molecule has 2 amide bonds. The van der Waals surface area contributed by atoms with Crippen molar-refractivity contribution < 1.29 is 19.1 Å². The van der Waals surface area contributed by atoms with Gasteiger partial charge >= 0.3 is 12.2 Å². The average Bonchev–Trinajstić information content (AvgIpc) is 2.41. The molecular formula is C14H20N2O4. The zero-order chi connectivity index (χ0) is 15.0. The van der Waals surface area contributed by atoms with E-state index < -0.39 is 6.16 Å². The molecule has 1 aromatic carbocycles. The van der Waals surface area contributed by atoms with Gasteiger partial charge in [0.15, 0.2) is 0 Å². The summed E-state index contributed by atoms with van der Waals surface area (Å²) in [7, 11) is 0. The fourth-order valence-corrected chi connectivity index (χ4v) is 1.34. The van der Waals surface area contributed by atoms with Crippen molar-refractivity contribution in [2.24, 2.45) is 0 Å². The molecule has 0 aliphatic rings. The summed E-state index contributed by atoms with van der Waals surface area (Å²) in [5, 5.41) is 5.48. The standard InChI is InChI=1S/C14H20N2O4/c1-4-10(3)15-13(17)16-11-6-8-12(9-7-11)20-14(18)19-5-2/h6-10H,4-5H2,1-3H3,(H2,15,16,17). The third kappa shape index (κ3) is 5.60. The van der Waals surface area contributed by atoms with Gasteiger partial charge in [0, 0.05) is 11.7 Å².